The molecule has 22 nitrogen and oxygen atoms in total. The average Bonchev–Trinajstić information content (AvgIpc) is 4.14. The Morgan fingerprint density at radius 3 is 0.955 bits per heavy atom. The number of hydrogen-bond acceptors (Lipinski definition) is 16. The molecule has 0 bridgehead atoms. The van der Waals surface area contributed by atoms with Gasteiger partial charge in [0.2, 0.25) is 0 Å². The first kappa shape index (κ1) is 71.0. The highest BCUT2D eigenvalue weighted by Gasteiger charge is 2.43. The highest BCUT2D eigenvalue weighted by atomic mass is 16.6. The van der Waals surface area contributed by atoms with Crippen LogP contribution in [-0.2, 0) is 83.2 Å². The number of esters is 4. The van der Waals surface area contributed by atoms with E-state index in [0.29, 0.717) is 48.9 Å². The number of aromatic nitrogens is 4. The van der Waals surface area contributed by atoms with Crippen molar-refractivity contribution in [1.29, 1.82) is 0 Å². The number of likely N-dealkylation sites (N-methyl/N-ethyl adjacent to an activating group) is 4. The summed E-state index contributed by atoms with van der Waals surface area (Å²) in [6.07, 6.45) is -2.50. The van der Waals surface area contributed by atoms with Crippen molar-refractivity contribution in [2.45, 2.75) is 197 Å². The van der Waals surface area contributed by atoms with Crippen LogP contribution in [0, 0.1) is 37.5 Å². The maximum Gasteiger partial charge on any atom is 0.329 e. The van der Waals surface area contributed by atoms with Crippen molar-refractivity contribution in [3.63, 3.8) is 0 Å². The van der Waals surface area contributed by atoms with Gasteiger partial charge in [-0.1, -0.05) is 104 Å². The van der Waals surface area contributed by atoms with Crippen LogP contribution in [0.15, 0.2) is 60.9 Å². The Hall–Kier alpha value is -7.78. The number of carbonyl (C=O) groups is 8. The van der Waals surface area contributed by atoms with Crippen LogP contribution >= 0.6 is 0 Å². The molecule has 484 valence electrons. The van der Waals surface area contributed by atoms with Gasteiger partial charge in [0.15, 0.2) is 35.9 Å². The summed E-state index contributed by atoms with van der Waals surface area (Å²) in [7, 11) is 5.56. The number of carbonyl (C=O) groups excluding carboxylic acids is 8. The molecule has 2 aromatic heterocycles. The molecular formula is C66H96N8O14. The number of cyclic esters (lactones) is 4. The lowest BCUT2D eigenvalue weighted by Gasteiger charge is -2.35. The zero-order chi connectivity index (χ0) is 65.4. The molecule has 0 aliphatic carbocycles. The van der Waals surface area contributed by atoms with Gasteiger partial charge in [-0.15, -0.1) is 0 Å². The molecule has 4 amide bonds. The predicted molar refractivity (Wildman–Crippen MR) is 330 cm³/mol. The summed E-state index contributed by atoms with van der Waals surface area (Å²) in [5, 5.41) is 9.14. The number of nitrogens with zero attached hydrogens (tertiary/aromatic N) is 8. The molecule has 1 fully saturated rings. The molecule has 5 rings (SSSR count). The fourth-order valence-corrected chi connectivity index (χ4v) is 10.6. The third-order valence-electron chi connectivity index (χ3n) is 15.5. The second-order valence-corrected chi connectivity index (χ2v) is 24.8. The van der Waals surface area contributed by atoms with Gasteiger partial charge in [0.05, 0.1) is 38.7 Å². The van der Waals surface area contributed by atoms with Crippen LogP contribution < -0.4 is 9.47 Å². The van der Waals surface area contributed by atoms with Gasteiger partial charge < -0.3 is 48.0 Å². The van der Waals surface area contributed by atoms with Crippen LogP contribution in [0.4, 0.5) is 0 Å². The molecule has 88 heavy (non-hydrogen) atoms. The minimum atomic E-state index is -1.56. The summed E-state index contributed by atoms with van der Waals surface area (Å²) in [4.78, 5) is 123. The number of ether oxygens (including phenoxy) is 6. The first-order valence-corrected chi connectivity index (χ1v) is 30.8. The van der Waals surface area contributed by atoms with Crippen molar-refractivity contribution in [2.24, 2.45) is 23.7 Å². The Labute approximate surface area is 519 Å². The lowest BCUT2D eigenvalue weighted by atomic mass is 9.99. The van der Waals surface area contributed by atoms with Crippen molar-refractivity contribution in [3.8, 4) is 11.5 Å². The van der Waals surface area contributed by atoms with Crippen LogP contribution in [-0.4, -0.2) is 177 Å². The van der Waals surface area contributed by atoms with Crippen molar-refractivity contribution in [2.75, 3.05) is 41.4 Å². The van der Waals surface area contributed by atoms with Crippen molar-refractivity contribution >= 4 is 47.5 Å². The maximum absolute atomic E-state index is 15.1. The van der Waals surface area contributed by atoms with Crippen LogP contribution in [0.25, 0.3) is 0 Å². The Kier molecular flexibility index (Phi) is 26.2. The van der Waals surface area contributed by atoms with E-state index in [1.165, 1.54) is 42.0 Å². The van der Waals surface area contributed by atoms with Crippen LogP contribution in [0.1, 0.15) is 142 Å². The topological polar surface area (TPSA) is 241 Å². The highest BCUT2D eigenvalue weighted by molar-refractivity contribution is 5.94. The third-order valence-corrected chi connectivity index (χ3v) is 15.5. The second-order valence-electron chi connectivity index (χ2n) is 24.8. The summed E-state index contributed by atoms with van der Waals surface area (Å²) >= 11 is 0. The first-order chi connectivity index (χ1) is 41.4. The zero-order valence-corrected chi connectivity index (χ0v) is 55.1. The van der Waals surface area contributed by atoms with Crippen LogP contribution in [0.2, 0.25) is 0 Å². The molecular weight excluding hydrogens is 1130 g/mol. The molecule has 0 N–H and O–H groups in total. The van der Waals surface area contributed by atoms with E-state index in [1.54, 1.807) is 33.6 Å². The molecule has 1 aliphatic rings. The van der Waals surface area contributed by atoms with Gasteiger partial charge in [0.1, 0.15) is 35.6 Å². The van der Waals surface area contributed by atoms with E-state index in [4.69, 9.17) is 28.4 Å². The summed E-state index contributed by atoms with van der Waals surface area (Å²) in [6.45, 7) is 26.8. The van der Waals surface area contributed by atoms with Gasteiger partial charge in [-0.2, -0.15) is 10.2 Å². The van der Waals surface area contributed by atoms with E-state index in [2.05, 4.69) is 10.2 Å². The molecule has 0 spiro atoms. The van der Waals surface area contributed by atoms with Crippen molar-refractivity contribution in [1.82, 2.24) is 39.2 Å². The van der Waals surface area contributed by atoms with Gasteiger partial charge in [-0.3, -0.25) is 28.5 Å². The molecule has 0 saturated carbocycles. The van der Waals surface area contributed by atoms with E-state index in [9.17, 15) is 28.8 Å². The Morgan fingerprint density at radius 2 is 0.682 bits per heavy atom. The summed E-state index contributed by atoms with van der Waals surface area (Å²) < 4.78 is 39.3. The van der Waals surface area contributed by atoms with E-state index in [1.807, 2.05) is 120 Å². The second kappa shape index (κ2) is 32.4. The van der Waals surface area contributed by atoms with Crippen LogP contribution in [0.3, 0.4) is 0 Å². The molecule has 3 heterocycles. The fourth-order valence-electron chi connectivity index (χ4n) is 10.6. The SMILES string of the molecule is CCOc1cn(Cc2ccc(C[C@H]3OC(=O)[C@H](CC(C)C)N(C)C(=O)[C@@H](C)OC(=O)[C@H](CC(C)C)N(C)C(=O)[C@@H](Cc4ccc(Cn5cc(OCC)c(C)n5)cc4)OC(=O)[C@H](CC(C)C)N(C)C(=O)[C@@H](C)OC(=O)[C@H](CC(C)C)N(C)C3=O)cc2)nc1C. The number of benzene rings is 2. The number of amides is 4. The molecule has 8 atom stereocenters. The van der Waals surface area contributed by atoms with Crippen molar-refractivity contribution in [3.05, 3.63) is 94.6 Å². The van der Waals surface area contributed by atoms with Gasteiger partial charge in [-0.05, 0) is 113 Å². The molecule has 1 aliphatic heterocycles. The zero-order valence-electron chi connectivity index (χ0n) is 55.1. The quantitative estimate of drug-likeness (QED) is 0.0612. The smallest absolute Gasteiger partial charge is 0.329 e. The van der Waals surface area contributed by atoms with Gasteiger partial charge in [0, 0.05) is 41.0 Å². The first-order valence-electron chi connectivity index (χ1n) is 30.8. The summed E-state index contributed by atoms with van der Waals surface area (Å²) in [6, 6.07) is 9.43. The third kappa shape index (κ3) is 19.6. The lowest BCUT2D eigenvalue weighted by molar-refractivity contribution is -0.176. The Balaban J connectivity index is 1.58. The minimum absolute atomic E-state index is 0.0706. The van der Waals surface area contributed by atoms with Crippen LogP contribution in [0.5, 0.6) is 11.5 Å². The highest BCUT2D eigenvalue weighted by Crippen LogP contribution is 2.26. The van der Waals surface area contributed by atoms with Gasteiger partial charge in [-0.25, -0.2) is 19.2 Å². The van der Waals surface area contributed by atoms with E-state index < -0.39 is 96.1 Å². The van der Waals surface area contributed by atoms with E-state index in [0.717, 1.165) is 42.1 Å². The normalized spacial score (nSPS) is 22.2. The fraction of sp³-hybridized carbons (Fsp3) is 0.606. The standard InChI is InChI=1S/C66H96N8O14/c1-19-83-57-37-73(67-43(57)11)35-49-25-21-47(22-26-49)33-55-61(77)71(17)51(29-39(3)4)63(79)85-46(14)60(76)70(16)54(32-42(9)10)66(82)88-56(34-48-23-27-50(28-24-48)36-74-38-58(84-20-2)44(12)68-74)62(78)72(18)52(30-40(5)6)64(80)86-45(13)59(75)69(15)53(31-41(7)8)65(81)87-55/h21-28,37-42,45-46,51-56H,19-20,29-36H2,1-18H3/t45-,46-,51+,52+,53+,54+,55-,56-/m1/s1. The van der Waals surface area contributed by atoms with E-state index >= 15 is 9.59 Å². The Bertz CT molecular complexity index is 2790. The van der Waals surface area contributed by atoms with Gasteiger partial charge in [0.25, 0.3) is 23.6 Å². The summed E-state index contributed by atoms with van der Waals surface area (Å²) in [5.74, 6) is -6.22. The number of aryl methyl sites for hydroxylation is 2. The lowest BCUT2D eigenvalue weighted by Crippen LogP contribution is -2.55. The maximum atomic E-state index is 15.1. The average molecular weight is 1230 g/mol. The minimum Gasteiger partial charge on any atom is -0.490 e. The predicted octanol–water partition coefficient (Wildman–Crippen LogP) is 7.57. The molecule has 4 aromatic rings. The molecule has 0 unspecified atom stereocenters. The van der Waals surface area contributed by atoms with Crippen molar-refractivity contribution < 1.29 is 66.8 Å². The Morgan fingerprint density at radius 1 is 0.420 bits per heavy atom. The largest absolute Gasteiger partial charge is 0.490 e. The van der Waals surface area contributed by atoms with Gasteiger partial charge >= 0.3 is 23.9 Å². The summed E-state index contributed by atoms with van der Waals surface area (Å²) in [5.41, 5.74) is 4.43. The molecule has 0 radical (unpaired) electrons. The molecule has 1 saturated heterocycles. The monoisotopic (exact) mass is 1220 g/mol. The molecule has 22 heteroatoms. The number of hydrogen-bond donors (Lipinski definition) is 0. The number of rotatable bonds is 20. The van der Waals surface area contributed by atoms with E-state index in [-0.39, 0.29) is 62.2 Å². The molecule has 2 aromatic carbocycles.